The van der Waals surface area contributed by atoms with Gasteiger partial charge in [0.15, 0.2) is 0 Å². The fourth-order valence-corrected chi connectivity index (χ4v) is 3.50. The standard InChI is InChI=1S/C22H15F4NO2/c23-15-5-7-16(8-6-15)27-12-20(13-1-3-14(4-2-13)22(24,25)26)19-11-17(28)9-10-18(19)21(27)29/h1-9,11-12,18,28H,10H2/t18-/m1/s1. The molecule has 0 unspecified atom stereocenters. The van der Waals surface area contributed by atoms with E-state index in [1.165, 1.54) is 59.7 Å². The van der Waals surface area contributed by atoms with E-state index in [2.05, 4.69) is 0 Å². The minimum atomic E-state index is -4.46. The molecule has 0 spiro atoms. The average molecular weight is 401 g/mol. The van der Waals surface area contributed by atoms with Gasteiger partial charge < -0.3 is 5.11 Å². The zero-order chi connectivity index (χ0) is 20.8. The number of aliphatic hydroxyl groups is 1. The van der Waals surface area contributed by atoms with Gasteiger partial charge in [0, 0.05) is 17.5 Å². The third-order valence-corrected chi connectivity index (χ3v) is 4.97. The van der Waals surface area contributed by atoms with Gasteiger partial charge >= 0.3 is 6.18 Å². The van der Waals surface area contributed by atoms with Gasteiger partial charge in [0.2, 0.25) is 5.91 Å². The molecule has 0 saturated heterocycles. The minimum Gasteiger partial charge on any atom is -0.508 e. The van der Waals surface area contributed by atoms with E-state index in [0.717, 1.165) is 12.1 Å². The first-order valence-electron chi connectivity index (χ1n) is 8.83. The Morgan fingerprint density at radius 3 is 2.28 bits per heavy atom. The number of alkyl halides is 3. The molecule has 1 aliphatic heterocycles. The van der Waals surface area contributed by atoms with Crippen LogP contribution in [0.1, 0.15) is 17.5 Å². The molecule has 7 heteroatoms. The lowest BCUT2D eigenvalue weighted by Gasteiger charge is -2.34. The van der Waals surface area contributed by atoms with Crippen LogP contribution in [-0.2, 0) is 11.0 Å². The molecule has 1 aliphatic carbocycles. The quantitative estimate of drug-likeness (QED) is 0.664. The van der Waals surface area contributed by atoms with E-state index >= 15 is 0 Å². The number of carbonyl (C=O) groups excluding carboxylic acids is 1. The van der Waals surface area contributed by atoms with E-state index in [4.69, 9.17) is 0 Å². The second kappa shape index (κ2) is 6.92. The summed E-state index contributed by atoms with van der Waals surface area (Å²) in [5.41, 5.74) is 1.20. The number of halogens is 4. The smallest absolute Gasteiger partial charge is 0.416 e. The van der Waals surface area contributed by atoms with Crippen LogP contribution in [0.25, 0.3) is 5.57 Å². The van der Waals surface area contributed by atoms with Crippen molar-refractivity contribution in [3.63, 3.8) is 0 Å². The number of benzene rings is 2. The molecule has 4 rings (SSSR count). The molecule has 0 aromatic heterocycles. The maximum Gasteiger partial charge on any atom is 0.416 e. The lowest BCUT2D eigenvalue weighted by molar-refractivity contribution is -0.137. The van der Waals surface area contributed by atoms with Gasteiger partial charge in [-0.25, -0.2) is 4.39 Å². The molecule has 1 N–H and O–H groups in total. The Bertz CT molecular complexity index is 1050. The van der Waals surface area contributed by atoms with Gasteiger partial charge in [-0.1, -0.05) is 12.1 Å². The molecule has 1 amide bonds. The average Bonchev–Trinajstić information content (AvgIpc) is 2.68. The zero-order valence-electron chi connectivity index (χ0n) is 14.9. The molecule has 29 heavy (non-hydrogen) atoms. The van der Waals surface area contributed by atoms with Gasteiger partial charge in [-0.2, -0.15) is 13.2 Å². The summed E-state index contributed by atoms with van der Waals surface area (Å²) in [5.74, 6) is -1.31. The van der Waals surface area contributed by atoms with E-state index in [-0.39, 0.29) is 18.1 Å². The van der Waals surface area contributed by atoms with Crippen LogP contribution in [-0.4, -0.2) is 11.0 Å². The number of fused-ring (bicyclic) bond motifs is 1. The summed E-state index contributed by atoms with van der Waals surface area (Å²) >= 11 is 0. The SMILES string of the molecule is O=C1[C@@H]2CC=C(O)C=C2C(c2ccc(C(F)(F)F)cc2)=CN1c1ccc(F)cc1. The van der Waals surface area contributed by atoms with Crippen molar-refractivity contribution in [1.82, 2.24) is 0 Å². The highest BCUT2D eigenvalue weighted by Gasteiger charge is 2.36. The number of nitrogens with zero attached hydrogens (tertiary/aromatic N) is 1. The first kappa shape index (κ1) is 19.0. The second-order valence-electron chi connectivity index (χ2n) is 6.82. The van der Waals surface area contributed by atoms with E-state index in [9.17, 15) is 27.5 Å². The summed E-state index contributed by atoms with van der Waals surface area (Å²) in [6, 6.07) is 9.99. The van der Waals surface area contributed by atoms with Gasteiger partial charge in [-0.15, -0.1) is 0 Å². The van der Waals surface area contributed by atoms with Crippen LogP contribution in [0.5, 0.6) is 0 Å². The van der Waals surface area contributed by atoms with Crippen molar-refractivity contribution in [1.29, 1.82) is 0 Å². The molecule has 2 aliphatic rings. The van der Waals surface area contributed by atoms with E-state index in [1.807, 2.05) is 0 Å². The van der Waals surface area contributed by atoms with Crippen LogP contribution < -0.4 is 4.90 Å². The number of amides is 1. The van der Waals surface area contributed by atoms with Gasteiger partial charge in [0.25, 0.3) is 0 Å². The van der Waals surface area contributed by atoms with Crippen molar-refractivity contribution < 1.29 is 27.5 Å². The number of allylic oxidation sites excluding steroid dienone is 3. The molecule has 2 aromatic rings. The second-order valence-corrected chi connectivity index (χ2v) is 6.82. The third kappa shape index (κ3) is 3.55. The molecule has 0 radical (unpaired) electrons. The molecule has 148 valence electrons. The number of anilines is 1. The van der Waals surface area contributed by atoms with Crippen LogP contribution in [0.4, 0.5) is 23.2 Å². The number of aliphatic hydroxyl groups excluding tert-OH is 1. The van der Waals surface area contributed by atoms with E-state index < -0.39 is 23.5 Å². The monoisotopic (exact) mass is 401 g/mol. The first-order chi connectivity index (χ1) is 13.7. The molecule has 1 heterocycles. The van der Waals surface area contributed by atoms with Gasteiger partial charge in [0.05, 0.1) is 11.5 Å². The number of carbonyl (C=O) groups is 1. The van der Waals surface area contributed by atoms with E-state index in [1.54, 1.807) is 0 Å². The van der Waals surface area contributed by atoms with Crippen molar-refractivity contribution in [3.8, 4) is 0 Å². The van der Waals surface area contributed by atoms with Crippen molar-refractivity contribution in [2.45, 2.75) is 12.6 Å². The Kier molecular flexibility index (Phi) is 4.53. The largest absolute Gasteiger partial charge is 0.508 e. The fourth-order valence-electron chi connectivity index (χ4n) is 3.50. The number of hydrogen-bond donors (Lipinski definition) is 1. The van der Waals surface area contributed by atoms with Gasteiger partial charge in [-0.3, -0.25) is 9.69 Å². The molecule has 0 fully saturated rings. The first-order valence-corrected chi connectivity index (χ1v) is 8.83. The number of rotatable bonds is 2. The van der Waals surface area contributed by atoms with Crippen molar-refractivity contribution in [2.24, 2.45) is 5.92 Å². The Morgan fingerprint density at radius 2 is 1.66 bits per heavy atom. The summed E-state index contributed by atoms with van der Waals surface area (Å²) < 4.78 is 52.0. The number of hydrogen-bond acceptors (Lipinski definition) is 2. The Morgan fingerprint density at radius 1 is 1.00 bits per heavy atom. The summed E-state index contributed by atoms with van der Waals surface area (Å²) in [4.78, 5) is 14.4. The maximum atomic E-state index is 13.3. The zero-order valence-corrected chi connectivity index (χ0v) is 14.9. The topological polar surface area (TPSA) is 40.5 Å². The Hall–Kier alpha value is -3.35. The van der Waals surface area contributed by atoms with Crippen LogP contribution >= 0.6 is 0 Å². The highest BCUT2D eigenvalue weighted by molar-refractivity contribution is 6.07. The molecule has 0 saturated carbocycles. The summed E-state index contributed by atoms with van der Waals surface area (Å²) in [5, 5.41) is 9.91. The summed E-state index contributed by atoms with van der Waals surface area (Å²) in [6.45, 7) is 0. The third-order valence-electron chi connectivity index (χ3n) is 4.97. The maximum absolute atomic E-state index is 13.3. The Balaban J connectivity index is 1.83. The van der Waals surface area contributed by atoms with Gasteiger partial charge in [0.1, 0.15) is 11.6 Å². The normalized spacial score (nSPS) is 19.3. The molecule has 3 nitrogen and oxygen atoms in total. The van der Waals surface area contributed by atoms with Crippen LogP contribution in [0.2, 0.25) is 0 Å². The van der Waals surface area contributed by atoms with Gasteiger partial charge in [-0.05, 0) is 66.1 Å². The minimum absolute atomic E-state index is 0.00269. The van der Waals surface area contributed by atoms with Crippen molar-refractivity contribution >= 4 is 17.2 Å². The molecule has 1 atom stereocenters. The lowest BCUT2D eigenvalue weighted by atomic mass is 9.80. The summed E-state index contributed by atoms with van der Waals surface area (Å²) in [7, 11) is 0. The summed E-state index contributed by atoms with van der Waals surface area (Å²) in [6.07, 6.45) is 0.288. The molecule has 2 aromatic carbocycles. The predicted octanol–water partition coefficient (Wildman–Crippen LogP) is 5.62. The fraction of sp³-hybridized carbons (Fsp3) is 0.136. The highest BCUT2D eigenvalue weighted by Crippen LogP contribution is 2.41. The molecular formula is C22H15F4NO2. The van der Waals surface area contributed by atoms with E-state index in [0.29, 0.717) is 22.4 Å². The Labute approximate surface area is 163 Å². The molecular weight excluding hydrogens is 386 g/mol. The predicted molar refractivity (Wildman–Crippen MR) is 100 cm³/mol. The van der Waals surface area contributed by atoms with Crippen LogP contribution in [0.3, 0.4) is 0 Å². The van der Waals surface area contributed by atoms with Crippen molar-refractivity contribution in [2.75, 3.05) is 4.90 Å². The molecule has 0 bridgehead atoms. The lowest BCUT2D eigenvalue weighted by Crippen LogP contribution is -2.38. The van der Waals surface area contributed by atoms with Crippen molar-refractivity contribution in [3.05, 3.63) is 95.2 Å². The van der Waals surface area contributed by atoms with Crippen LogP contribution in [0, 0.1) is 11.7 Å². The highest BCUT2D eigenvalue weighted by atomic mass is 19.4. The van der Waals surface area contributed by atoms with Crippen LogP contribution in [0.15, 0.2) is 78.2 Å².